The van der Waals surface area contributed by atoms with Gasteiger partial charge in [-0.2, -0.15) is 0 Å². The van der Waals surface area contributed by atoms with Crippen molar-refractivity contribution in [2.45, 2.75) is 76.6 Å². The van der Waals surface area contributed by atoms with Crippen molar-refractivity contribution in [3.8, 4) is 0 Å². The van der Waals surface area contributed by atoms with Crippen LogP contribution in [0.5, 0.6) is 0 Å². The van der Waals surface area contributed by atoms with Crippen molar-refractivity contribution in [1.29, 1.82) is 0 Å². The first-order valence-electron chi connectivity index (χ1n) is 13.4. The molecule has 3 heterocycles. The van der Waals surface area contributed by atoms with Gasteiger partial charge in [0, 0.05) is 31.3 Å². The number of hydrogen-bond acceptors (Lipinski definition) is 8. The number of epoxide rings is 1. The molecule has 1 unspecified atom stereocenters. The van der Waals surface area contributed by atoms with Crippen LogP contribution in [0.3, 0.4) is 0 Å². The number of hydrogen-bond donors (Lipinski definition) is 3. The molecule has 0 aromatic heterocycles. The molecule has 0 saturated carbocycles. The summed E-state index contributed by atoms with van der Waals surface area (Å²) in [5, 5.41) is 23.1. The molecule has 0 spiro atoms. The Morgan fingerprint density at radius 3 is 2.73 bits per heavy atom. The average Bonchev–Trinajstić information content (AvgIpc) is 3.62. The van der Waals surface area contributed by atoms with Gasteiger partial charge in [0.05, 0.1) is 36.4 Å². The van der Waals surface area contributed by atoms with Gasteiger partial charge in [-0.1, -0.05) is 48.4 Å². The largest absolute Gasteiger partial charge is 0.461 e. The highest BCUT2D eigenvalue weighted by Gasteiger charge is 2.63. The molecule has 4 rings (SSSR count). The van der Waals surface area contributed by atoms with Gasteiger partial charge in [0.15, 0.2) is 0 Å². The molecule has 2 amide bonds. The second-order valence-corrected chi connectivity index (χ2v) is 11.4. The maximum atomic E-state index is 13.5. The van der Waals surface area contributed by atoms with Crippen LogP contribution in [0.2, 0.25) is 5.02 Å². The molecule has 4 bridgehead atoms. The van der Waals surface area contributed by atoms with E-state index < -0.39 is 30.0 Å². The number of nitrogens with zero attached hydrogens (tertiary/aromatic N) is 1. The summed E-state index contributed by atoms with van der Waals surface area (Å²) in [6.45, 7) is 5.43. The Morgan fingerprint density at radius 2 is 2.05 bits per heavy atom. The molecule has 218 valence electrons. The molecule has 2 fully saturated rings. The van der Waals surface area contributed by atoms with Crippen molar-refractivity contribution in [3.05, 3.63) is 52.1 Å². The fourth-order valence-electron chi connectivity index (χ4n) is 5.75. The number of benzene rings is 1. The maximum Gasteiger partial charge on any atom is 0.407 e. The predicted molar refractivity (Wildman–Crippen MR) is 148 cm³/mol. The average molecular weight is 577 g/mol. The highest BCUT2D eigenvalue weighted by molar-refractivity contribution is 6.34. The van der Waals surface area contributed by atoms with E-state index in [0.29, 0.717) is 30.6 Å². The van der Waals surface area contributed by atoms with E-state index in [1.54, 1.807) is 26.1 Å². The number of allylic oxidation sites excluding steroid dienone is 3. The number of carbonyl (C=O) groups is 3. The Bertz CT molecular complexity index is 1200. The zero-order chi connectivity index (χ0) is 29.2. The summed E-state index contributed by atoms with van der Waals surface area (Å²) in [7, 11) is 1.58. The van der Waals surface area contributed by atoms with E-state index in [4.69, 9.17) is 25.8 Å². The zero-order valence-electron chi connectivity index (χ0n) is 23.1. The van der Waals surface area contributed by atoms with Gasteiger partial charge >= 0.3 is 6.09 Å². The van der Waals surface area contributed by atoms with Gasteiger partial charge < -0.3 is 34.6 Å². The highest BCUT2D eigenvalue weighted by Crippen LogP contribution is 2.48. The molecule has 11 heteroatoms. The monoisotopic (exact) mass is 576 g/mol. The van der Waals surface area contributed by atoms with Crippen molar-refractivity contribution in [2.24, 2.45) is 11.8 Å². The van der Waals surface area contributed by atoms with Crippen molar-refractivity contribution in [2.75, 3.05) is 18.6 Å². The van der Waals surface area contributed by atoms with Crippen LogP contribution in [0.25, 0.3) is 0 Å². The van der Waals surface area contributed by atoms with E-state index in [-0.39, 0.29) is 48.4 Å². The van der Waals surface area contributed by atoms with Gasteiger partial charge in [-0.05, 0) is 37.5 Å². The number of rotatable bonds is 4. The molecule has 10 nitrogen and oxygen atoms in total. The number of ether oxygens (including phenoxy) is 3. The zero-order valence-corrected chi connectivity index (χ0v) is 23.9. The quantitative estimate of drug-likeness (QED) is 0.367. The lowest BCUT2D eigenvalue weighted by molar-refractivity contribution is -0.139. The van der Waals surface area contributed by atoms with Crippen LogP contribution in [0.15, 0.2) is 35.9 Å². The van der Waals surface area contributed by atoms with E-state index in [0.717, 1.165) is 11.1 Å². The van der Waals surface area contributed by atoms with E-state index in [1.165, 1.54) is 4.90 Å². The highest BCUT2D eigenvalue weighted by atomic mass is 35.5. The number of halogens is 1. The van der Waals surface area contributed by atoms with Gasteiger partial charge in [-0.3, -0.25) is 9.59 Å². The molecule has 1 aromatic rings. The Kier molecular flexibility index (Phi) is 9.24. The number of fused-ring (bicyclic) bond motifs is 5. The number of aliphatic hydroxyl groups is 2. The number of anilines is 1. The third kappa shape index (κ3) is 6.20. The molecule has 3 aliphatic heterocycles. The maximum absolute atomic E-state index is 13.5. The normalized spacial score (nSPS) is 35.0. The van der Waals surface area contributed by atoms with Gasteiger partial charge in [0.2, 0.25) is 5.91 Å². The summed E-state index contributed by atoms with van der Waals surface area (Å²) in [5.41, 5.74) is 1.76. The lowest BCUT2D eigenvalue weighted by atomic mass is 9.83. The minimum absolute atomic E-state index is 0.169. The van der Waals surface area contributed by atoms with E-state index >= 15 is 0 Å². The van der Waals surface area contributed by atoms with Gasteiger partial charge in [0.1, 0.15) is 17.8 Å². The fourth-order valence-corrected chi connectivity index (χ4v) is 6.04. The number of aliphatic hydroxyl groups excluding tert-OH is 2. The summed E-state index contributed by atoms with van der Waals surface area (Å²) in [4.78, 5) is 38.8. The first kappa shape index (κ1) is 30.0. The van der Waals surface area contributed by atoms with Crippen LogP contribution in [0, 0.1) is 11.8 Å². The summed E-state index contributed by atoms with van der Waals surface area (Å²) < 4.78 is 17.0. The van der Waals surface area contributed by atoms with Crippen LogP contribution in [-0.2, 0) is 36.8 Å². The van der Waals surface area contributed by atoms with Crippen LogP contribution in [0.4, 0.5) is 10.5 Å². The topological polar surface area (TPSA) is 138 Å². The molecule has 2 saturated heterocycles. The molecule has 7 atom stereocenters. The Balaban J connectivity index is 1.75. The standard InChI is InChI=1S/C29H37ClN2O8/c1-16-6-5-7-19(13-33)21-11-23(39-28(37)31-21)17(2)27-29(3,40-27)24(38-15-35)12-25(36)32(4)22-10-18(8-16)9-20(14-34)26(22)30/h5-7,9-10,15,17,19,21,23-24,27,33-34H,8,11-14H2,1-4H3,(H,31,37)/b7-5+,16-6+/t17-,19+,21?,23+,24+,27+,29+/m1/s1. The molecule has 40 heavy (non-hydrogen) atoms. The molecule has 0 radical (unpaired) electrons. The number of amides is 2. The van der Waals surface area contributed by atoms with Crippen LogP contribution in [-0.4, -0.2) is 72.3 Å². The SMILES string of the molecule is C/C1=C\C=C\[C@@H](CO)C2C[C@H](OC(=O)N2)[C@@H](C)[C@@H]2O[C@@]2(C)[C@@H](OC=O)CC(=O)N(C)c2cc(cc(CO)c2Cl)C1. The van der Waals surface area contributed by atoms with Crippen molar-refractivity contribution < 1.29 is 38.8 Å². The van der Waals surface area contributed by atoms with Crippen molar-refractivity contribution in [1.82, 2.24) is 5.32 Å². The van der Waals surface area contributed by atoms with E-state index in [2.05, 4.69) is 5.32 Å². The van der Waals surface area contributed by atoms with Crippen LogP contribution >= 0.6 is 11.6 Å². The van der Waals surface area contributed by atoms with Crippen LogP contribution in [0.1, 0.15) is 44.7 Å². The minimum atomic E-state index is -0.980. The first-order chi connectivity index (χ1) is 19.0. The van der Waals surface area contributed by atoms with E-state index in [1.807, 2.05) is 32.1 Å². The molecule has 1 aromatic carbocycles. The molecule has 3 N–H and O–H groups in total. The van der Waals surface area contributed by atoms with Gasteiger partial charge in [-0.25, -0.2) is 4.79 Å². The molecule has 3 aliphatic rings. The lowest BCUT2D eigenvalue weighted by Crippen LogP contribution is -2.52. The number of alkyl carbamates (subject to hydrolysis) is 1. The molecule has 0 aliphatic carbocycles. The summed E-state index contributed by atoms with van der Waals surface area (Å²) >= 11 is 6.58. The number of carbonyl (C=O) groups excluding carboxylic acids is 3. The van der Waals surface area contributed by atoms with Crippen LogP contribution < -0.4 is 10.2 Å². The van der Waals surface area contributed by atoms with Crippen molar-refractivity contribution >= 4 is 35.8 Å². The van der Waals surface area contributed by atoms with E-state index in [9.17, 15) is 24.6 Å². The lowest BCUT2D eigenvalue weighted by Gasteiger charge is -2.36. The Labute approximate surface area is 238 Å². The molecular formula is C29H37ClN2O8. The fraction of sp³-hybridized carbons (Fsp3) is 0.552. The number of nitrogens with one attached hydrogen (secondary N) is 1. The second kappa shape index (κ2) is 12.3. The third-order valence-corrected chi connectivity index (χ3v) is 8.70. The second-order valence-electron chi connectivity index (χ2n) is 11.1. The first-order valence-corrected chi connectivity index (χ1v) is 13.8. The minimum Gasteiger partial charge on any atom is -0.461 e. The molecular weight excluding hydrogens is 540 g/mol. The summed E-state index contributed by atoms with van der Waals surface area (Å²) in [6.07, 6.45) is 3.98. The Morgan fingerprint density at radius 1 is 1.30 bits per heavy atom. The Hall–Kier alpha value is -2.92. The van der Waals surface area contributed by atoms with Gasteiger partial charge in [-0.15, -0.1) is 0 Å². The predicted octanol–water partition coefficient (Wildman–Crippen LogP) is 3.05. The summed E-state index contributed by atoms with van der Waals surface area (Å²) in [6, 6.07) is 3.24. The third-order valence-electron chi connectivity index (χ3n) is 8.26. The smallest absolute Gasteiger partial charge is 0.407 e. The van der Waals surface area contributed by atoms with Gasteiger partial charge in [0.25, 0.3) is 6.47 Å². The van der Waals surface area contributed by atoms with Crippen molar-refractivity contribution in [3.63, 3.8) is 0 Å². The summed E-state index contributed by atoms with van der Waals surface area (Å²) in [5.74, 6) is -0.985.